The van der Waals surface area contributed by atoms with Crippen LogP contribution in [0.15, 0.2) is 36.4 Å². The third-order valence-corrected chi connectivity index (χ3v) is 5.73. The number of benzene rings is 2. The van der Waals surface area contributed by atoms with Crippen molar-refractivity contribution >= 4 is 38.9 Å². The number of halogens is 1. The van der Waals surface area contributed by atoms with Gasteiger partial charge in [0.05, 0.1) is 24.2 Å². The number of hydrogen-bond donors (Lipinski definition) is 1. The van der Waals surface area contributed by atoms with Crippen molar-refractivity contribution in [1.29, 1.82) is 0 Å². The fraction of sp³-hybridized carbons (Fsp3) is 0.350. The van der Waals surface area contributed by atoms with Gasteiger partial charge >= 0.3 is 0 Å². The lowest BCUT2D eigenvalue weighted by molar-refractivity contribution is -0.114. The number of fused-ring (bicyclic) bond motifs is 1. The molecule has 0 aliphatic carbocycles. The molecule has 3 rings (SSSR count). The van der Waals surface area contributed by atoms with Gasteiger partial charge in [0.1, 0.15) is 24.1 Å². The van der Waals surface area contributed by atoms with Crippen molar-refractivity contribution in [2.45, 2.75) is 26.4 Å². The van der Waals surface area contributed by atoms with E-state index in [9.17, 15) is 13.2 Å². The van der Waals surface area contributed by atoms with E-state index in [1.54, 1.807) is 24.3 Å². The molecular formula is C20H23ClN2O5S. The normalized spacial score (nSPS) is 15.4. The summed E-state index contributed by atoms with van der Waals surface area (Å²) in [6.45, 7) is 3.84. The molecule has 0 fully saturated rings. The molecule has 0 bridgehead atoms. The second kappa shape index (κ2) is 8.51. The van der Waals surface area contributed by atoms with Gasteiger partial charge in [-0.3, -0.25) is 9.10 Å². The minimum atomic E-state index is -3.70. The maximum Gasteiger partial charge on any atom is 0.245 e. The van der Waals surface area contributed by atoms with E-state index in [-0.39, 0.29) is 6.10 Å². The van der Waals surface area contributed by atoms with Crippen molar-refractivity contribution in [3.63, 3.8) is 0 Å². The van der Waals surface area contributed by atoms with Crippen LogP contribution in [-0.2, 0) is 21.2 Å². The third-order valence-electron chi connectivity index (χ3n) is 4.36. The van der Waals surface area contributed by atoms with Crippen molar-refractivity contribution < 1.29 is 22.7 Å². The molecule has 29 heavy (non-hydrogen) atoms. The quantitative estimate of drug-likeness (QED) is 0.715. The molecule has 1 amide bonds. The van der Waals surface area contributed by atoms with Crippen molar-refractivity contribution in [2.75, 3.05) is 29.0 Å². The van der Waals surface area contributed by atoms with Gasteiger partial charge in [0.15, 0.2) is 0 Å². The first-order valence-electron chi connectivity index (χ1n) is 9.17. The summed E-state index contributed by atoms with van der Waals surface area (Å²) < 4.78 is 36.9. The Balaban J connectivity index is 1.84. The Kier molecular flexibility index (Phi) is 6.24. The van der Waals surface area contributed by atoms with Crippen LogP contribution >= 0.6 is 11.6 Å². The summed E-state index contributed by atoms with van der Waals surface area (Å²) in [6.07, 6.45) is 1.85. The Morgan fingerprint density at radius 2 is 2.10 bits per heavy atom. The Labute approximate surface area is 175 Å². The van der Waals surface area contributed by atoms with Crippen LogP contribution < -0.4 is 19.1 Å². The average molecular weight is 439 g/mol. The second-order valence-corrected chi connectivity index (χ2v) is 9.16. The van der Waals surface area contributed by atoms with E-state index in [4.69, 9.17) is 21.1 Å². The molecule has 1 aliphatic heterocycles. The van der Waals surface area contributed by atoms with Crippen LogP contribution in [0.3, 0.4) is 0 Å². The smallest absolute Gasteiger partial charge is 0.245 e. The van der Waals surface area contributed by atoms with Crippen LogP contribution in [0.2, 0.25) is 5.02 Å². The molecule has 1 aliphatic rings. The number of nitrogens with one attached hydrogen (secondary N) is 1. The summed E-state index contributed by atoms with van der Waals surface area (Å²) in [5.41, 5.74) is 1.76. The van der Waals surface area contributed by atoms with Crippen molar-refractivity contribution in [3.8, 4) is 11.5 Å². The molecule has 0 saturated carbocycles. The molecule has 0 saturated heterocycles. The summed E-state index contributed by atoms with van der Waals surface area (Å²) >= 11 is 5.97. The first-order chi connectivity index (χ1) is 13.7. The molecule has 2 aromatic rings. The van der Waals surface area contributed by atoms with Crippen molar-refractivity contribution in [3.05, 3.63) is 47.0 Å². The van der Waals surface area contributed by atoms with Crippen molar-refractivity contribution in [2.24, 2.45) is 0 Å². The van der Waals surface area contributed by atoms with E-state index < -0.39 is 22.5 Å². The number of carbonyl (C=O) groups is 1. The number of amides is 1. The highest BCUT2D eigenvalue weighted by Crippen LogP contribution is 2.38. The monoisotopic (exact) mass is 438 g/mol. The molecule has 0 aromatic heterocycles. The minimum Gasteiger partial charge on any atom is -0.492 e. The van der Waals surface area contributed by atoms with Crippen LogP contribution in [0.1, 0.15) is 19.4 Å². The Bertz CT molecular complexity index is 1030. The first-order valence-corrected chi connectivity index (χ1v) is 11.4. The predicted molar refractivity (Wildman–Crippen MR) is 114 cm³/mol. The van der Waals surface area contributed by atoms with Gasteiger partial charge < -0.3 is 14.8 Å². The highest BCUT2D eigenvalue weighted by molar-refractivity contribution is 7.92. The van der Waals surface area contributed by atoms with Gasteiger partial charge in [-0.25, -0.2) is 8.42 Å². The van der Waals surface area contributed by atoms with Gasteiger partial charge in [0.2, 0.25) is 15.9 Å². The fourth-order valence-corrected chi connectivity index (χ4v) is 4.20. The number of ether oxygens (including phenoxy) is 2. The lowest BCUT2D eigenvalue weighted by Gasteiger charge is -2.22. The van der Waals surface area contributed by atoms with E-state index in [0.717, 1.165) is 22.5 Å². The molecule has 7 nitrogen and oxygen atoms in total. The molecular weight excluding hydrogens is 416 g/mol. The van der Waals surface area contributed by atoms with E-state index in [2.05, 4.69) is 5.32 Å². The van der Waals surface area contributed by atoms with Gasteiger partial charge in [0, 0.05) is 23.1 Å². The van der Waals surface area contributed by atoms with Gasteiger partial charge in [0.25, 0.3) is 0 Å². The summed E-state index contributed by atoms with van der Waals surface area (Å²) in [5, 5.41) is 3.12. The molecule has 0 spiro atoms. The molecule has 9 heteroatoms. The maximum absolute atomic E-state index is 12.7. The van der Waals surface area contributed by atoms with Crippen LogP contribution in [0.4, 0.5) is 11.4 Å². The van der Waals surface area contributed by atoms with Crippen LogP contribution in [0.25, 0.3) is 0 Å². The number of anilines is 2. The SMILES string of the molecule is CCOc1cc2c(cc1NC(=O)CN(c1cccc(Cl)c1)S(C)(=O)=O)O[C@@H](C)C2. The minimum absolute atomic E-state index is 0.0500. The van der Waals surface area contributed by atoms with Crippen LogP contribution in [-0.4, -0.2) is 39.8 Å². The van der Waals surface area contributed by atoms with E-state index >= 15 is 0 Å². The number of sulfonamides is 1. The zero-order valence-corrected chi connectivity index (χ0v) is 18.0. The summed E-state index contributed by atoms with van der Waals surface area (Å²) in [5.74, 6) is 0.694. The number of hydrogen-bond acceptors (Lipinski definition) is 5. The maximum atomic E-state index is 12.7. The summed E-state index contributed by atoms with van der Waals surface area (Å²) in [4.78, 5) is 12.7. The van der Waals surface area contributed by atoms with Gasteiger partial charge in [-0.2, -0.15) is 0 Å². The standard InChI is InChI=1S/C20H23ClN2O5S/c1-4-27-19-9-14-8-13(2)28-18(14)11-17(19)22-20(24)12-23(29(3,25)26)16-7-5-6-15(21)10-16/h5-7,9-11,13H,4,8,12H2,1-3H3,(H,22,24)/t13-/m0/s1. The first kappa shape index (κ1) is 21.3. The molecule has 1 atom stereocenters. The lowest BCUT2D eigenvalue weighted by Crippen LogP contribution is -2.37. The van der Waals surface area contributed by atoms with Gasteiger partial charge in [-0.15, -0.1) is 0 Å². The Hall–Kier alpha value is -2.45. The van der Waals surface area contributed by atoms with Crippen LogP contribution in [0.5, 0.6) is 11.5 Å². The van der Waals surface area contributed by atoms with E-state index in [0.29, 0.717) is 34.5 Å². The zero-order valence-electron chi connectivity index (χ0n) is 16.4. The van der Waals surface area contributed by atoms with Crippen LogP contribution in [0, 0.1) is 0 Å². The molecule has 0 unspecified atom stereocenters. The number of carbonyl (C=O) groups excluding carboxylic acids is 1. The largest absolute Gasteiger partial charge is 0.492 e. The van der Waals surface area contributed by atoms with Crippen molar-refractivity contribution in [1.82, 2.24) is 0 Å². The highest BCUT2D eigenvalue weighted by atomic mass is 35.5. The van der Waals surface area contributed by atoms with E-state index in [1.165, 1.54) is 6.07 Å². The molecule has 1 heterocycles. The summed E-state index contributed by atoms with van der Waals surface area (Å²) in [7, 11) is -3.70. The van der Waals surface area contributed by atoms with E-state index in [1.807, 2.05) is 19.9 Å². The molecule has 1 N–H and O–H groups in total. The highest BCUT2D eigenvalue weighted by Gasteiger charge is 2.25. The number of nitrogens with zero attached hydrogens (tertiary/aromatic N) is 1. The zero-order chi connectivity index (χ0) is 21.2. The number of rotatable bonds is 7. The lowest BCUT2D eigenvalue weighted by atomic mass is 10.1. The average Bonchev–Trinajstić information content (AvgIpc) is 2.98. The Morgan fingerprint density at radius 3 is 2.76 bits per heavy atom. The fourth-order valence-electron chi connectivity index (χ4n) is 3.16. The second-order valence-electron chi connectivity index (χ2n) is 6.82. The predicted octanol–water partition coefficient (Wildman–Crippen LogP) is 3.47. The topological polar surface area (TPSA) is 84.9 Å². The molecule has 156 valence electrons. The van der Waals surface area contributed by atoms with Gasteiger partial charge in [-0.1, -0.05) is 17.7 Å². The molecule has 2 aromatic carbocycles. The van der Waals surface area contributed by atoms with Gasteiger partial charge in [-0.05, 0) is 38.1 Å². The Morgan fingerprint density at radius 1 is 1.34 bits per heavy atom. The third kappa shape index (κ3) is 5.13. The molecule has 0 radical (unpaired) electrons. The summed E-state index contributed by atoms with van der Waals surface area (Å²) in [6, 6.07) is 9.89.